The van der Waals surface area contributed by atoms with Crippen LogP contribution in [0.1, 0.15) is 5.69 Å². The van der Waals surface area contributed by atoms with E-state index in [0.717, 1.165) is 18.8 Å². The average Bonchev–Trinajstić information content (AvgIpc) is 2.49. The van der Waals surface area contributed by atoms with Crippen molar-refractivity contribution in [2.45, 2.75) is 6.54 Å². The number of carbonyl (C=O) groups is 1. The Labute approximate surface area is 79.7 Å². The summed E-state index contributed by atoms with van der Waals surface area (Å²) >= 11 is 1.29. The highest BCUT2D eigenvalue weighted by Gasteiger charge is 2.24. The third-order valence-corrected chi connectivity index (χ3v) is 2.55. The van der Waals surface area contributed by atoms with Crippen molar-refractivity contribution < 1.29 is 4.79 Å². The number of carbonyl (C=O) groups excluding carboxylic acids is 1. The molecule has 0 aliphatic carbocycles. The number of rotatable bonds is 3. The van der Waals surface area contributed by atoms with Crippen LogP contribution in [0.25, 0.3) is 0 Å². The van der Waals surface area contributed by atoms with E-state index < -0.39 is 0 Å². The SMILES string of the molecule is O=C(NCc1csnn1)C1CNC1. The topological polar surface area (TPSA) is 66.9 Å². The van der Waals surface area contributed by atoms with Gasteiger partial charge in [-0.2, -0.15) is 0 Å². The van der Waals surface area contributed by atoms with Crippen LogP contribution in [-0.4, -0.2) is 28.6 Å². The maximum atomic E-state index is 11.3. The molecule has 1 aliphatic rings. The lowest BCUT2D eigenvalue weighted by molar-refractivity contribution is -0.126. The molecule has 1 saturated heterocycles. The van der Waals surface area contributed by atoms with Crippen LogP contribution in [0, 0.1) is 5.92 Å². The van der Waals surface area contributed by atoms with E-state index in [0.29, 0.717) is 6.54 Å². The highest BCUT2D eigenvalue weighted by Crippen LogP contribution is 2.03. The molecule has 1 aliphatic heterocycles. The number of amides is 1. The monoisotopic (exact) mass is 198 g/mol. The fraction of sp³-hybridized carbons (Fsp3) is 0.571. The Morgan fingerprint density at radius 1 is 1.77 bits per heavy atom. The Balaban J connectivity index is 1.76. The van der Waals surface area contributed by atoms with E-state index in [4.69, 9.17) is 0 Å². The van der Waals surface area contributed by atoms with Gasteiger partial charge in [-0.3, -0.25) is 4.79 Å². The smallest absolute Gasteiger partial charge is 0.226 e. The minimum Gasteiger partial charge on any atom is -0.350 e. The van der Waals surface area contributed by atoms with Crippen LogP contribution in [0.4, 0.5) is 0 Å². The summed E-state index contributed by atoms with van der Waals surface area (Å²) in [5, 5.41) is 11.5. The zero-order valence-corrected chi connectivity index (χ0v) is 7.80. The van der Waals surface area contributed by atoms with Gasteiger partial charge >= 0.3 is 0 Å². The average molecular weight is 198 g/mol. The van der Waals surface area contributed by atoms with Crippen LogP contribution in [0.15, 0.2) is 5.38 Å². The molecule has 1 aromatic rings. The molecule has 0 saturated carbocycles. The highest BCUT2D eigenvalue weighted by atomic mass is 32.1. The van der Waals surface area contributed by atoms with E-state index in [1.807, 2.05) is 5.38 Å². The van der Waals surface area contributed by atoms with Crippen LogP contribution in [0.3, 0.4) is 0 Å². The molecule has 2 heterocycles. The van der Waals surface area contributed by atoms with E-state index in [1.54, 1.807) is 0 Å². The molecular weight excluding hydrogens is 188 g/mol. The summed E-state index contributed by atoms with van der Waals surface area (Å²) in [6.07, 6.45) is 0. The molecule has 1 fully saturated rings. The molecule has 13 heavy (non-hydrogen) atoms. The molecule has 6 heteroatoms. The van der Waals surface area contributed by atoms with E-state index in [1.165, 1.54) is 11.5 Å². The van der Waals surface area contributed by atoms with Crippen molar-refractivity contribution >= 4 is 17.4 Å². The van der Waals surface area contributed by atoms with Crippen molar-refractivity contribution in [3.05, 3.63) is 11.1 Å². The van der Waals surface area contributed by atoms with Crippen LogP contribution in [-0.2, 0) is 11.3 Å². The summed E-state index contributed by atoms with van der Waals surface area (Å²) in [6, 6.07) is 0. The number of hydrogen-bond acceptors (Lipinski definition) is 5. The van der Waals surface area contributed by atoms with Crippen molar-refractivity contribution in [1.29, 1.82) is 0 Å². The lowest BCUT2D eigenvalue weighted by Crippen LogP contribution is -2.50. The zero-order valence-electron chi connectivity index (χ0n) is 6.99. The molecule has 0 unspecified atom stereocenters. The Kier molecular flexibility index (Phi) is 2.51. The fourth-order valence-corrected chi connectivity index (χ4v) is 1.51. The maximum Gasteiger partial charge on any atom is 0.226 e. The molecule has 0 radical (unpaired) electrons. The molecule has 70 valence electrons. The van der Waals surface area contributed by atoms with Gasteiger partial charge < -0.3 is 10.6 Å². The van der Waals surface area contributed by atoms with Gasteiger partial charge in [0.05, 0.1) is 18.2 Å². The van der Waals surface area contributed by atoms with Gasteiger partial charge in [-0.1, -0.05) is 4.49 Å². The Bertz CT molecular complexity index is 283. The first kappa shape index (κ1) is 8.58. The molecule has 0 bridgehead atoms. The van der Waals surface area contributed by atoms with Crippen molar-refractivity contribution in [2.24, 2.45) is 5.92 Å². The predicted octanol–water partition coefficient (Wildman–Crippen LogP) is -0.626. The summed E-state index contributed by atoms with van der Waals surface area (Å²) in [5.74, 6) is 0.248. The number of hydrogen-bond donors (Lipinski definition) is 2. The fourth-order valence-electron chi connectivity index (χ4n) is 1.06. The standard InChI is InChI=1S/C7H10N4OS/c12-7(5-1-8-2-5)9-3-6-4-13-11-10-6/h4-5,8H,1-3H2,(H,9,12). The first-order valence-electron chi connectivity index (χ1n) is 4.10. The normalized spacial score (nSPS) is 16.6. The summed E-state index contributed by atoms with van der Waals surface area (Å²) in [5.41, 5.74) is 0.825. The predicted molar refractivity (Wildman–Crippen MR) is 48.1 cm³/mol. The molecule has 1 aromatic heterocycles. The molecule has 5 nitrogen and oxygen atoms in total. The Morgan fingerprint density at radius 2 is 2.62 bits per heavy atom. The molecule has 0 spiro atoms. The van der Waals surface area contributed by atoms with Crippen LogP contribution >= 0.6 is 11.5 Å². The molecule has 1 amide bonds. The third-order valence-electron chi connectivity index (χ3n) is 2.00. The quantitative estimate of drug-likeness (QED) is 0.679. The van der Waals surface area contributed by atoms with E-state index >= 15 is 0 Å². The van der Waals surface area contributed by atoms with Gasteiger partial charge in [0.2, 0.25) is 5.91 Å². The van der Waals surface area contributed by atoms with Gasteiger partial charge in [0, 0.05) is 18.5 Å². The van der Waals surface area contributed by atoms with Crippen LogP contribution in [0.5, 0.6) is 0 Å². The van der Waals surface area contributed by atoms with Gasteiger partial charge in [-0.25, -0.2) is 0 Å². The van der Waals surface area contributed by atoms with E-state index in [2.05, 4.69) is 20.2 Å². The van der Waals surface area contributed by atoms with Gasteiger partial charge in [-0.05, 0) is 11.5 Å². The van der Waals surface area contributed by atoms with Crippen molar-refractivity contribution in [3.8, 4) is 0 Å². The van der Waals surface area contributed by atoms with Crippen LogP contribution in [0.2, 0.25) is 0 Å². The lowest BCUT2D eigenvalue weighted by Gasteiger charge is -2.25. The molecule has 0 atom stereocenters. The number of aromatic nitrogens is 2. The Morgan fingerprint density at radius 3 is 3.15 bits per heavy atom. The molecule has 2 N–H and O–H groups in total. The van der Waals surface area contributed by atoms with Gasteiger partial charge in [-0.15, -0.1) is 5.10 Å². The van der Waals surface area contributed by atoms with Gasteiger partial charge in [0.15, 0.2) is 0 Å². The van der Waals surface area contributed by atoms with E-state index in [-0.39, 0.29) is 11.8 Å². The number of nitrogens with one attached hydrogen (secondary N) is 2. The molecular formula is C7H10N4OS. The second-order valence-electron chi connectivity index (χ2n) is 2.97. The molecule has 2 rings (SSSR count). The van der Waals surface area contributed by atoms with Crippen molar-refractivity contribution in [2.75, 3.05) is 13.1 Å². The van der Waals surface area contributed by atoms with Crippen LogP contribution < -0.4 is 10.6 Å². The minimum absolute atomic E-state index is 0.103. The van der Waals surface area contributed by atoms with E-state index in [9.17, 15) is 4.79 Å². The Hall–Kier alpha value is -1.01. The third kappa shape index (κ3) is 2.02. The highest BCUT2D eigenvalue weighted by molar-refractivity contribution is 7.03. The van der Waals surface area contributed by atoms with Gasteiger partial charge in [0.1, 0.15) is 0 Å². The van der Waals surface area contributed by atoms with Crippen molar-refractivity contribution in [1.82, 2.24) is 20.2 Å². The number of nitrogens with zero attached hydrogens (tertiary/aromatic N) is 2. The summed E-state index contributed by atoms with van der Waals surface area (Å²) in [7, 11) is 0. The molecule has 0 aromatic carbocycles. The maximum absolute atomic E-state index is 11.3. The largest absolute Gasteiger partial charge is 0.350 e. The minimum atomic E-state index is 0.103. The lowest BCUT2D eigenvalue weighted by atomic mass is 10.0. The van der Waals surface area contributed by atoms with Crippen molar-refractivity contribution in [3.63, 3.8) is 0 Å². The summed E-state index contributed by atoms with van der Waals surface area (Å²) in [6.45, 7) is 2.08. The first-order valence-corrected chi connectivity index (χ1v) is 4.94. The van der Waals surface area contributed by atoms with Gasteiger partial charge in [0.25, 0.3) is 0 Å². The first-order chi connectivity index (χ1) is 6.36. The second kappa shape index (κ2) is 3.80. The zero-order chi connectivity index (χ0) is 9.10. The second-order valence-corrected chi connectivity index (χ2v) is 3.58. The summed E-state index contributed by atoms with van der Waals surface area (Å²) < 4.78 is 3.71. The summed E-state index contributed by atoms with van der Waals surface area (Å²) in [4.78, 5) is 11.3.